The van der Waals surface area contributed by atoms with Crippen molar-refractivity contribution in [3.8, 4) is 0 Å². The first-order valence-electron chi connectivity index (χ1n) is 7.09. The minimum Gasteiger partial charge on any atom is -0.354 e. The van der Waals surface area contributed by atoms with Crippen molar-refractivity contribution in [2.24, 2.45) is 0 Å². The second-order valence-corrected chi connectivity index (χ2v) is 5.41. The summed E-state index contributed by atoms with van der Waals surface area (Å²) in [5, 5.41) is 4.92. The highest BCUT2D eigenvalue weighted by molar-refractivity contribution is 6.20. The lowest BCUT2D eigenvalue weighted by Crippen LogP contribution is -1.83. The molecule has 5 aromatic rings. The molecular formula is C19H12N2. The molecule has 0 aliphatic heterocycles. The molecule has 0 spiro atoms. The summed E-state index contributed by atoms with van der Waals surface area (Å²) in [5.41, 5.74) is 4.43. The third kappa shape index (κ3) is 1.44. The fourth-order valence-corrected chi connectivity index (χ4v) is 3.20. The average molecular weight is 268 g/mol. The number of benzene rings is 3. The molecule has 0 aliphatic carbocycles. The Kier molecular flexibility index (Phi) is 1.98. The maximum Gasteiger partial charge on any atom is 0.0717 e. The Morgan fingerprint density at radius 3 is 2.52 bits per heavy atom. The zero-order chi connectivity index (χ0) is 13.8. The molecule has 2 aromatic heterocycles. The van der Waals surface area contributed by atoms with Crippen molar-refractivity contribution in [2.45, 2.75) is 0 Å². The fourth-order valence-electron chi connectivity index (χ4n) is 3.20. The zero-order valence-electron chi connectivity index (χ0n) is 11.3. The average Bonchev–Trinajstić information content (AvgIpc) is 2.92. The van der Waals surface area contributed by atoms with Crippen LogP contribution < -0.4 is 0 Å². The highest BCUT2D eigenvalue weighted by atomic mass is 14.7. The first-order valence-corrected chi connectivity index (χ1v) is 7.09. The Hall–Kier alpha value is -2.87. The van der Waals surface area contributed by atoms with Crippen LogP contribution in [-0.2, 0) is 0 Å². The highest BCUT2D eigenvalue weighted by Crippen LogP contribution is 2.32. The number of nitrogens with one attached hydrogen (secondary N) is 1. The molecule has 0 aliphatic rings. The van der Waals surface area contributed by atoms with Crippen LogP contribution in [0.5, 0.6) is 0 Å². The van der Waals surface area contributed by atoms with Gasteiger partial charge in [-0.15, -0.1) is 0 Å². The Balaban J connectivity index is 2.09. The summed E-state index contributed by atoms with van der Waals surface area (Å²) in [6.07, 6.45) is 0. The van der Waals surface area contributed by atoms with Gasteiger partial charge in [0.1, 0.15) is 0 Å². The summed E-state index contributed by atoms with van der Waals surface area (Å²) in [4.78, 5) is 8.29. The normalized spacial score (nSPS) is 11.8. The number of fused-ring (bicyclic) bond motifs is 6. The van der Waals surface area contributed by atoms with Gasteiger partial charge in [0.25, 0.3) is 0 Å². The van der Waals surface area contributed by atoms with Crippen LogP contribution in [0, 0.1) is 0 Å². The molecule has 1 N–H and O–H groups in total. The van der Waals surface area contributed by atoms with Gasteiger partial charge in [-0.25, -0.2) is 4.98 Å². The van der Waals surface area contributed by atoms with E-state index in [1.807, 2.05) is 6.07 Å². The van der Waals surface area contributed by atoms with Gasteiger partial charge >= 0.3 is 0 Å². The Morgan fingerprint density at radius 2 is 1.52 bits per heavy atom. The molecule has 2 heterocycles. The first kappa shape index (κ1) is 10.9. The SMILES string of the molecule is c1ccc2nc3ccc4[nH]c5ccccc5c4c3cc2c1. The van der Waals surface area contributed by atoms with Crippen LogP contribution in [0.15, 0.2) is 66.7 Å². The number of aromatic nitrogens is 2. The summed E-state index contributed by atoms with van der Waals surface area (Å²) >= 11 is 0. The summed E-state index contributed by atoms with van der Waals surface area (Å²) in [6, 6.07) is 23.2. The third-order valence-electron chi connectivity index (χ3n) is 4.17. The molecule has 0 amide bonds. The first-order chi connectivity index (χ1) is 10.4. The molecule has 0 atom stereocenters. The predicted molar refractivity (Wildman–Crippen MR) is 88.6 cm³/mol. The van der Waals surface area contributed by atoms with Crippen molar-refractivity contribution in [1.29, 1.82) is 0 Å². The molecule has 21 heavy (non-hydrogen) atoms. The number of nitrogens with zero attached hydrogens (tertiary/aromatic N) is 1. The van der Waals surface area contributed by atoms with Gasteiger partial charge in [0.2, 0.25) is 0 Å². The van der Waals surface area contributed by atoms with E-state index in [0.29, 0.717) is 0 Å². The van der Waals surface area contributed by atoms with E-state index in [9.17, 15) is 0 Å². The van der Waals surface area contributed by atoms with E-state index in [1.165, 1.54) is 32.6 Å². The lowest BCUT2D eigenvalue weighted by atomic mass is 10.0. The van der Waals surface area contributed by atoms with Crippen molar-refractivity contribution in [2.75, 3.05) is 0 Å². The topological polar surface area (TPSA) is 28.7 Å². The Morgan fingerprint density at radius 1 is 0.667 bits per heavy atom. The lowest BCUT2D eigenvalue weighted by molar-refractivity contribution is 1.50. The minimum atomic E-state index is 1.05. The van der Waals surface area contributed by atoms with Crippen molar-refractivity contribution in [1.82, 2.24) is 9.97 Å². The molecule has 0 saturated carbocycles. The van der Waals surface area contributed by atoms with Gasteiger partial charge < -0.3 is 4.98 Å². The van der Waals surface area contributed by atoms with E-state index in [1.54, 1.807) is 0 Å². The van der Waals surface area contributed by atoms with Crippen LogP contribution >= 0.6 is 0 Å². The quantitative estimate of drug-likeness (QED) is 0.392. The molecule has 2 nitrogen and oxygen atoms in total. The smallest absolute Gasteiger partial charge is 0.0717 e. The van der Waals surface area contributed by atoms with Gasteiger partial charge in [0.05, 0.1) is 11.0 Å². The molecular weight excluding hydrogens is 256 g/mol. The Labute approximate surface area is 121 Å². The summed E-state index contributed by atoms with van der Waals surface area (Å²) < 4.78 is 0. The number of hydrogen-bond donors (Lipinski definition) is 1. The van der Waals surface area contributed by atoms with Crippen LogP contribution in [0.3, 0.4) is 0 Å². The van der Waals surface area contributed by atoms with E-state index >= 15 is 0 Å². The van der Waals surface area contributed by atoms with Gasteiger partial charge in [-0.05, 0) is 30.3 Å². The molecule has 0 unspecified atom stereocenters. The molecule has 0 fully saturated rings. The second-order valence-electron chi connectivity index (χ2n) is 5.41. The standard InChI is InChI=1S/C19H12N2/c1-3-7-15-12(5-1)11-14-17(20-15)9-10-18-19(14)13-6-2-4-8-16(13)21-18/h1-11,21H. The monoisotopic (exact) mass is 268 g/mol. The van der Waals surface area contributed by atoms with Crippen molar-refractivity contribution < 1.29 is 0 Å². The van der Waals surface area contributed by atoms with Crippen molar-refractivity contribution in [3.63, 3.8) is 0 Å². The van der Waals surface area contributed by atoms with Crippen LogP contribution in [0.2, 0.25) is 0 Å². The zero-order valence-corrected chi connectivity index (χ0v) is 11.3. The number of para-hydroxylation sites is 2. The number of H-pyrrole nitrogens is 1. The molecule has 0 bridgehead atoms. The number of rotatable bonds is 0. The number of aromatic amines is 1. The van der Waals surface area contributed by atoms with Crippen LogP contribution in [-0.4, -0.2) is 9.97 Å². The van der Waals surface area contributed by atoms with E-state index < -0.39 is 0 Å². The van der Waals surface area contributed by atoms with Crippen LogP contribution in [0.4, 0.5) is 0 Å². The van der Waals surface area contributed by atoms with E-state index in [-0.39, 0.29) is 0 Å². The third-order valence-corrected chi connectivity index (χ3v) is 4.17. The maximum atomic E-state index is 4.80. The van der Waals surface area contributed by atoms with Gasteiger partial charge in [-0.2, -0.15) is 0 Å². The number of pyridine rings is 1. The molecule has 98 valence electrons. The van der Waals surface area contributed by atoms with Crippen molar-refractivity contribution >= 4 is 43.6 Å². The highest BCUT2D eigenvalue weighted by Gasteiger charge is 2.09. The molecule has 3 aromatic carbocycles. The molecule has 0 radical (unpaired) electrons. The van der Waals surface area contributed by atoms with E-state index in [2.05, 4.69) is 65.6 Å². The lowest BCUT2D eigenvalue weighted by Gasteiger charge is -2.03. The van der Waals surface area contributed by atoms with Crippen LogP contribution in [0.1, 0.15) is 0 Å². The Bertz CT molecular complexity index is 1140. The van der Waals surface area contributed by atoms with Gasteiger partial charge in [-0.1, -0.05) is 36.4 Å². The van der Waals surface area contributed by atoms with Gasteiger partial charge in [0.15, 0.2) is 0 Å². The van der Waals surface area contributed by atoms with Gasteiger partial charge in [0, 0.05) is 32.6 Å². The maximum absolute atomic E-state index is 4.80. The second kappa shape index (κ2) is 3.83. The summed E-state index contributed by atoms with van der Waals surface area (Å²) in [7, 11) is 0. The minimum absolute atomic E-state index is 1.05. The fraction of sp³-hybridized carbons (Fsp3) is 0. The molecule has 2 heteroatoms. The number of hydrogen-bond acceptors (Lipinski definition) is 1. The summed E-state index contributed by atoms with van der Waals surface area (Å²) in [5.74, 6) is 0. The van der Waals surface area contributed by atoms with Crippen molar-refractivity contribution in [3.05, 3.63) is 66.7 Å². The predicted octanol–water partition coefficient (Wildman–Crippen LogP) is 5.02. The largest absolute Gasteiger partial charge is 0.354 e. The summed E-state index contributed by atoms with van der Waals surface area (Å²) in [6.45, 7) is 0. The van der Waals surface area contributed by atoms with Crippen LogP contribution in [0.25, 0.3) is 43.6 Å². The van der Waals surface area contributed by atoms with E-state index in [4.69, 9.17) is 4.98 Å². The molecule has 0 saturated heterocycles. The van der Waals surface area contributed by atoms with Gasteiger partial charge in [-0.3, -0.25) is 0 Å². The van der Waals surface area contributed by atoms with E-state index in [0.717, 1.165) is 11.0 Å². The molecule has 5 rings (SSSR count).